The van der Waals surface area contributed by atoms with E-state index in [-0.39, 0.29) is 0 Å². The Morgan fingerprint density at radius 3 is 2.55 bits per heavy atom. The van der Waals surface area contributed by atoms with Crippen molar-refractivity contribution < 1.29 is 14.6 Å². The van der Waals surface area contributed by atoms with Crippen LogP contribution in [-0.2, 0) is 6.54 Å². The Hall–Kier alpha value is -2.49. The van der Waals surface area contributed by atoms with Gasteiger partial charge in [-0.3, -0.25) is 0 Å². The number of hydrogen-bond donors (Lipinski definition) is 2. The van der Waals surface area contributed by atoms with E-state index in [2.05, 4.69) is 12.2 Å². The Balaban J connectivity index is 2.01. The normalized spacial score (nSPS) is 10.3. The number of benzene rings is 2. The van der Waals surface area contributed by atoms with Crippen LogP contribution < -0.4 is 10.1 Å². The maximum atomic E-state index is 11.1. The molecule has 0 radical (unpaired) electrons. The molecule has 0 amide bonds. The zero-order chi connectivity index (χ0) is 15.9. The topological polar surface area (TPSA) is 58.6 Å². The van der Waals surface area contributed by atoms with Crippen LogP contribution in [0.2, 0.25) is 0 Å². The van der Waals surface area contributed by atoms with E-state index in [9.17, 15) is 4.79 Å². The second-order valence-corrected chi connectivity index (χ2v) is 5.13. The molecule has 0 fully saturated rings. The van der Waals surface area contributed by atoms with Crippen LogP contribution in [0.3, 0.4) is 0 Å². The molecule has 0 bridgehead atoms. The Morgan fingerprint density at radius 2 is 1.91 bits per heavy atom. The quantitative estimate of drug-likeness (QED) is 0.808. The lowest BCUT2D eigenvalue weighted by Crippen LogP contribution is -2.05. The summed E-state index contributed by atoms with van der Waals surface area (Å²) in [4.78, 5) is 11.1. The highest BCUT2D eigenvalue weighted by molar-refractivity contribution is 5.91. The number of ether oxygens (including phenoxy) is 1. The van der Waals surface area contributed by atoms with Crippen molar-refractivity contribution in [3.05, 3.63) is 59.2 Å². The van der Waals surface area contributed by atoms with E-state index in [0.29, 0.717) is 12.1 Å². The molecular formula is C18H21NO3. The average Bonchev–Trinajstić information content (AvgIpc) is 2.52. The number of anilines is 1. The van der Waals surface area contributed by atoms with Crippen LogP contribution in [0.4, 0.5) is 5.69 Å². The molecular weight excluding hydrogens is 278 g/mol. The van der Waals surface area contributed by atoms with Crippen molar-refractivity contribution in [3.8, 4) is 5.75 Å². The highest BCUT2D eigenvalue weighted by atomic mass is 16.5. The summed E-state index contributed by atoms with van der Waals surface area (Å²) in [6.07, 6.45) is 0.989. The number of aromatic carboxylic acids is 1. The summed E-state index contributed by atoms with van der Waals surface area (Å²) in [5, 5.41) is 12.4. The second kappa shape index (κ2) is 7.50. The van der Waals surface area contributed by atoms with Crippen LogP contribution in [-0.4, -0.2) is 17.7 Å². The molecule has 0 spiro atoms. The van der Waals surface area contributed by atoms with Gasteiger partial charge in [0.25, 0.3) is 0 Å². The lowest BCUT2D eigenvalue weighted by molar-refractivity contribution is 0.0696. The van der Waals surface area contributed by atoms with Gasteiger partial charge in [0, 0.05) is 12.2 Å². The number of nitrogens with one attached hydrogen (secondary N) is 1. The van der Waals surface area contributed by atoms with Crippen LogP contribution in [0.15, 0.2) is 42.5 Å². The molecule has 116 valence electrons. The van der Waals surface area contributed by atoms with Crippen LogP contribution in [0.25, 0.3) is 0 Å². The van der Waals surface area contributed by atoms with Crippen LogP contribution >= 0.6 is 0 Å². The SMILES string of the molecule is CCCOc1ccc(CNc2cccc(C(=O)O)c2C)cc1. The van der Waals surface area contributed by atoms with Crippen molar-refractivity contribution in [3.63, 3.8) is 0 Å². The van der Waals surface area contributed by atoms with Gasteiger partial charge in [0.1, 0.15) is 5.75 Å². The van der Waals surface area contributed by atoms with Gasteiger partial charge in [0.05, 0.1) is 12.2 Å². The fourth-order valence-electron chi connectivity index (χ4n) is 2.18. The first-order valence-electron chi connectivity index (χ1n) is 7.40. The van der Waals surface area contributed by atoms with Gasteiger partial charge in [0.15, 0.2) is 0 Å². The minimum Gasteiger partial charge on any atom is -0.494 e. The van der Waals surface area contributed by atoms with Gasteiger partial charge in [-0.1, -0.05) is 25.1 Å². The van der Waals surface area contributed by atoms with E-state index in [1.807, 2.05) is 37.3 Å². The summed E-state index contributed by atoms with van der Waals surface area (Å²) >= 11 is 0. The number of hydrogen-bond acceptors (Lipinski definition) is 3. The Labute approximate surface area is 130 Å². The summed E-state index contributed by atoms with van der Waals surface area (Å²) in [6.45, 7) is 5.25. The zero-order valence-electron chi connectivity index (χ0n) is 12.9. The third kappa shape index (κ3) is 4.01. The van der Waals surface area contributed by atoms with E-state index in [4.69, 9.17) is 9.84 Å². The van der Waals surface area contributed by atoms with E-state index in [1.54, 1.807) is 12.1 Å². The van der Waals surface area contributed by atoms with Gasteiger partial charge in [-0.15, -0.1) is 0 Å². The van der Waals surface area contributed by atoms with Gasteiger partial charge < -0.3 is 15.2 Å². The van der Waals surface area contributed by atoms with Gasteiger partial charge in [-0.05, 0) is 48.7 Å². The van der Waals surface area contributed by atoms with Crippen molar-refractivity contribution in [2.45, 2.75) is 26.8 Å². The molecule has 2 N–H and O–H groups in total. The fraction of sp³-hybridized carbons (Fsp3) is 0.278. The monoisotopic (exact) mass is 299 g/mol. The standard InChI is InChI=1S/C18H21NO3/c1-3-11-22-15-9-7-14(8-10-15)12-19-17-6-4-5-16(13(17)2)18(20)21/h4-10,19H,3,11-12H2,1-2H3,(H,20,21). The maximum absolute atomic E-state index is 11.1. The van der Waals surface area contributed by atoms with Crippen LogP contribution in [0.1, 0.15) is 34.8 Å². The van der Waals surface area contributed by atoms with Gasteiger partial charge in [-0.2, -0.15) is 0 Å². The highest BCUT2D eigenvalue weighted by Gasteiger charge is 2.09. The summed E-state index contributed by atoms with van der Waals surface area (Å²) in [7, 11) is 0. The first kappa shape index (κ1) is 15.9. The van der Waals surface area contributed by atoms with Crippen molar-refractivity contribution in [2.75, 3.05) is 11.9 Å². The van der Waals surface area contributed by atoms with Gasteiger partial charge in [0.2, 0.25) is 0 Å². The van der Waals surface area contributed by atoms with Crippen molar-refractivity contribution in [2.24, 2.45) is 0 Å². The van der Waals surface area contributed by atoms with E-state index >= 15 is 0 Å². The number of carboxylic acids is 1. The van der Waals surface area contributed by atoms with E-state index in [1.165, 1.54) is 0 Å². The molecule has 0 saturated carbocycles. The summed E-state index contributed by atoms with van der Waals surface area (Å²) in [5.74, 6) is -0.0340. The average molecular weight is 299 g/mol. The highest BCUT2D eigenvalue weighted by Crippen LogP contribution is 2.20. The molecule has 0 aromatic heterocycles. The molecule has 4 heteroatoms. The maximum Gasteiger partial charge on any atom is 0.336 e. The lowest BCUT2D eigenvalue weighted by atomic mass is 10.1. The molecule has 2 aromatic rings. The number of carboxylic acid groups (broad SMARTS) is 1. The molecule has 0 saturated heterocycles. The largest absolute Gasteiger partial charge is 0.494 e. The molecule has 4 nitrogen and oxygen atoms in total. The predicted octanol–water partition coefficient (Wildman–Crippen LogP) is 4.09. The number of carbonyl (C=O) groups is 1. The molecule has 0 atom stereocenters. The molecule has 22 heavy (non-hydrogen) atoms. The molecule has 0 aliphatic rings. The second-order valence-electron chi connectivity index (χ2n) is 5.13. The molecule has 0 aliphatic carbocycles. The van der Waals surface area contributed by atoms with Crippen molar-refractivity contribution in [1.29, 1.82) is 0 Å². The molecule has 0 heterocycles. The van der Waals surface area contributed by atoms with Gasteiger partial charge >= 0.3 is 5.97 Å². The third-order valence-corrected chi connectivity index (χ3v) is 3.44. The number of rotatable bonds is 7. The lowest BCUT2D eigenvalue weighted by Gasteiger charge is -2.12. The van der Waals surface area contributed by atoms with Crippen molar-refractivity contribution >= 4 is 11.7 Å². The molecule has 2 rings (SSSR count). The summed E-state index contributed by atoms with van der Waals surface area (Å²) in [5.41, 5.74) is 3.03. The summed E-state index contributed by atoms with van der Waals surface area (Å²) in [6, 6.07) is 13.2. The molecule has 0 unspecified atom stereocenters. The fourth-order valence-corrected chi connectivity index (χ4v) is 2.18. The zero-order valence-corrected chi connectivity index (χ0v) is 12.9. The smallest absolute Gasteiger partial charge is 0.336 e. The Morgan fingerprint density at radius 1 is 1.18 bits per heavy atom. The Kier molecular flexibility index (Phi) is 5.42. The van der Waals surface area contributed by atoms with E-state index < -0.39 is 5.97 Å². The van der Waals surface area contributed by atoms with Gasteiger partial charge in [-0.25, -0.2) is 4.79 Å². The van der Waals surface area contributed by atoms with Crippen molar-refractivity contribution in [1.82, 2.24) is 0 Å². The molecule has 0 aliphatic heterocycles. The molecule has 2 aromatic carbocycles. The van der Waals surface area contributed by atoms with E-state index in [0.717, 1.165) is 35.6 Å². The first-order valence-corrected chi connectivity index (χ1v) is 7.40. The van der Waals surface area contributed by atoms with Crippen LogP contribution in [0, 0.1) is 6.92 Å². The minimum absolute atomic E-state index is 0.327. The van der Waals surface area contributed by atoms with Crippen LogP contribution in [0.5, 0.6) is 5.75 Å². The minimum atomic E-state index is -0.904. The third-order valence-electron chi connectivity index (χ3n) is 3.44. The Bertz CT molecular complexity index is 635. The first-order chi connectivity index (χ1) is 10.6. The predicted molar refractivity (Wildman–Crippen MR) is 87.7 cm³/mol. The summed E-state index contributed by atoms with van der Waals surface area (Å²) < 4.78 is 5.55.